The highest BCUT2D eigenvalue weighted by atomic mass is 35.5. The number of nitrogens with one attached hydrogen (secondary N) is 1. The molecule has 0 saturated carbocycles. The molecular formula is C16H16ClFN2O. The summed E-state index contributed by atoms with van der Waals surface area (Å²) in [7, 11) is 1.84. The zero-order valence-corrected chi connectivity index (χ0v) is 12.4. The summed E-state index contributed by atoms with van der Waals surface area (Å²) in [5.74, 6) is -0.565. The number of carbonyl (C=O) groups is 1. The van der Waals surface area contributed by atoms with Crippen molar-refractivity contribution in [2.45, 2.75) is 6.54 Å². The molecule has 0 aliphatic rings. The second kappa shape index (κ2) is 7.20. The molecule has 3 nitrogen and oxygen atoms in total. The second-order valence-corrected chi connectivity index (χ2v) is 5.30. The van der Waals surface area contributed by atoms with E-state index in [0.717, 1.165) is 5.56 Å². The van der Waals surface area contributed by atoms with E-state index in [1.165, 1.54) is 12.1 Å². The molecule has 2 rings (SSSR count). The summed E-state index contributed by atoms with van der Waals surface area (Å²) in [6.07, 6.45) is 0. The van der Waals surface area contributed by atoms with Crippen molar-refractivity contribution in [3.8, 4) is 0 Å². The summed E-state index contributed by atoms with van der Waals surface area (Å²) in [4.78, 5) is 13.8. The molecule has 1 amide bonds. The second-order valence-electron chi connectivity index (χ2n) is 4.86. The molecule has 5 heteroatoms. The zero-order chi connectivity index (χ0) is 15.2. The summed E-state index contributed by atoms with van der Waals surface area (Å²) in [6.45, 7) is 0.820. The molecule has 0 fully saturated rings. The van der Waals surface area contributed by atoms with Crippen LogP contribution in [0.2, 0.25) is 5.02 Å². The predicted molar refractivity (Wildman–Crippen MR) is 82.8 cm³/mol. The number of rotatable bonds is 5. The number of amides is 1. The topological polar surface area (TPSA) is 32.3 Å². The Bertz CT molecular complexity index is 633. The minimum absolute atomic E-state index is 0.190. The highest BCUT2D eigenvalue weighted by Crippen LogP contribution is 2.12. The Hall–Kier alpha value is -1.91. The van der Waals surface area contributed by atoms with Gasteiger partial charge in [0.05, 0.1) is 6.54 Å². The molecule has 2 aromatic carbocycles. The Morgan fingerprint density at radius 1 is 1.24 bits per heavy atom. The molecule has 0 bridgehead atoms. The number of likely N-dealkylation sites (N-methyl/N-ethyl adjacent to an activating group) is 1. The van der Waals surface area contributed by atoms with Gasteiger partial charge in [-0.1, -0.05) is 29.8 Å². The predicted octanol–water partition coefficient (Wildman–Crippen LogP) is 3.55. The van der Waals surface area contributed by atoms with Crippen LogP contribution in [0.5, 0.6) is 0 Å². The van der Waals surface area contributed by atoms with Gasteiger partial charge in [0.2, 0.25) is 5.91 Å². The molecule has 21 heavy (non-hydrogen) atoms. The van der Waals surface area contributed by atoms with Crippen molar-refractivity contribution in [1.29, 1.82) is 0 Å². The smallest absolute Gasteiger partial charge is 0.238 e. The van der Waals surface area contributed by atoms with Gasteiger partial charge in [-0.25, -0.2) is 4.39 Å². The Kier molecular flexibility index (Phi) is 5.31. The summed E-state index contributed by atoms with van der Waals surface area (Å²) in [6, 6.07) is 13.3. The minimum Gasteiger partial charge on any atom is -0.325 e. The largest absolute Gasteiger partial charge is 0.325 e. The average molecular weight is 307 g/mol. The summed E-state index contributed by atoms with van der Waals surface area (Å²) >= 11 is 5.92. The highest BCUT2D eigenvalue weighted by molar-refractivity contribution is 6.30. The third-order valence-electron chi connectivity index (χ3n) is 2.86. The first-order valence-electron chi connectivity index (χ1n) is 6.51. The number of benzene rings is 2. The van der Waals surface area contributed by atoms with E-state index in [1.54, 1.807) is 12.1 Å². The van der Waals surface area contributed by atoms with Crippen LogP contribution in [0.1, 0.15) is 5.56 Å². The van der Waals surface area contributed by atoms with Gasteiger partial charge in [0.15, 0.2) is 0 Å². The van der Waals surface area contributed by atoms with Gasteiger partial charge in [-0.05, 0) is 42.9 Å². The summed E-state index contributed by atoms with van der Waals surface area (Å²) < 4.78 is 13.0. The number of carbonyl (C=O) groups excluding carboxylic acids is 1. The van der Waals surface area contributed by atoms with Crippen LogP contribution in [-0.4, -0.2) is 24.4 Å². The van der Waals surface area contributed by atoms with Gasteiger partial charge in [0, 0.05) is 17.3 Å². The molecule has 0 radical (unpaired) electrons. The maximum Gasteiger partial charge on any atom is 0.238 e. The molecule has 0 aliphatic heterocycles. The lowest BCUT2D eigenvalue weighted by atomic mass is 10.2. The van der Waals surface area contributed by atoms with Gasteiger partial charge in [-0.3, -0.25) is 9.69 Å². The fourth-order valence-electron chi connectivity index (χ4n) is 2.01. The number of nitrogens with zero attached hydrogens (tertiary/aromatic N) is 1. The van der Waals surface area contributed by atoms with Crippen LogP contribution in [-0.2, 0) is 11.3 Å². The maximum atomic E-state index is 13.0. The van der Waals surface area contributed by atoms with Crippen LogP contribution in [0.15, 0.2) is 48.5 Å². The monoisotopic (exact) mass is 306 g/mol. The third-order valence-corrected chi connectivity index (χ3v) is 3.10. The first-order chi connectivity index (χ1) is 10.0. The molecule has 0 aromatic heterocycles. The van der Waals surface area contributed by atoms with Crippen LogP contribution >= 0.6 is 11.6 Å². The fraction of sp³-hybridized carbons (Fsp3) is 0.188. The van der Waals surface area contributed by atoms with Crippen LogP contribution in [0.3, 0.4) is 0 Å². The van der Waals surface area contributed by atoms with Crippen LogP contribution < -0.4 is 5.32 Å². The van der Waals surface area contributed by atoms with E-state index in [-0.39, 0.29) is 18.3 Å². The van der Waals surface area contributed by atoms with Crippen molar-refractivity contribution in [3.63, 3.8) is 0 Å². The third kappa shape index (κ3) is 5.17. The lowest BCUT2D eigenvalue weighted by Crippen LogP contribution is -2.29. The molecule has 0 spiro atoms. The van der Waals surface area contributed by atoms with E-state index >= 15 is 0 Å². The van der Waals surface area contributed by atoms with Crippen molar-refractivity contribution in [1.82, 2.24) is 4.90 Å². The Morgan fingerprint density at radius 2 is 2.00 bits per heavy atom. The van der Waals surface area contributed by atoms with E-state index in [0.29, 0.717) is 17.3 Å². The zero-order valence-electron chi connectivity index (χ0n) is 11.6. The van der Waals surface area contributed by atoms with Gasteiger partial charge in [0.1, 0.15) is 5.82 Å². The first-order valence-corrected chi connectivity index (χ1v) is 6.89. The Labute approximate surface area is 128 Å². The molecule has 0 heterocycles. The van der Waals surface area contributed by atoms with Crippen LogP contribution in [0.25, 0.3) is 0 Å². The Morgan fingerprint density at radius 3 is 2.71 bits per heavy atom. The molecule has 110 valence electrons. The number of hydrogen-bond donors (Lipinski definition) is 1. The summed E-state index contributed by atoms with van der Waals surface area (Å²) in [5.41, 5.74) is 1.49. The van der Waals surface area contributed by atoms with Crippen molar-refractivity contribution in [2.75, 3.05) is 18.9 Å². The number of hydrogen-bond acceptors (Lipinski definition) is 2. The summed E-state index contributed by atoms with van der Waals surface area (Å²) in [5, 5.41) is 3.34. The van der Waals surface area contributed by atoms with E-state index in [2.05, 4.69) is 5.32 Å². The minimum atomic E-state index is -0.375. The van der Waals surface area contributed by atoms with Crippen molar-refractivity contribution < 1.29 is 9.18 Å². The Balaban J connectivity index is 1.87. The highest BCUT2D eigenvalue weighted by Gasteiger charge is 2.08. The quantitative estimate of drug-likeness (QED) is 0.916. The number of halogens is 2. The molecule has 0 aliphatic carbocycles. The van der Waals surface area contributed by atoms with Crippen LogP contribution in [0.4, 0.5) is 10.1 Å². The van der Waals surface area contributed by atoms with Crippen LogP contribution in [0, 0.1) is 5.82 Å². The van der Waals surface area contributed by atoms with E-state index in [9.17, 15) is 9.18 Å². The van der Waals surface area contributed by atoms with E-state index < -0.39 is 0 Å². The van der Waals surface area contributed by atoms with Crippen molar-refractivity contribution >= 4 is 23.2 Å². The van der Waals surface area contributed by atoms with Gasteiger partial charge >= 0.3 is 0 Å². The lowest BCUT2D eigenvalue weighted by molar-refractivity contribution is -0.117. The van der Waals surface area contributed by atoms with E-state index in [4.69, 9.17) is 11.6 Å². The fourth-order valence-corrected chi connectivity index (χ4v) is 2.23. The standard InChI is InChI=1S/C16H16ClFN2O/c1-20(10-12-4-2-5-13(17)8-12)11-16(21)19-15-7-3-6-14(18)9-15/h2-9H,10-11H2,1H3,(H,19,21). The normalized spacial score (nSPS) is 10.7. The molecule has 0 unspecified atom stereocenters. The maximum absolute atomic E-state index is 13.0. The average Bonchev–Trinajstić information content (AvgIpc) is 2.38. The molecular weight excluding hydrogens is 291 g/mol. The van der Waals surface area contributed by atoms with Gasteiger partial charge in [0.25, 0.3) is 0 Å². The van der Waals surface area contributed by atoms with Gasteiger partial charge in [-0.2, -0.15) is 0 Å². The SMILES string of the molecule is CN(CC(=O)Nc1cccc(F)c1)Cc1cccc(Cl)c1. The molecule has 0 saturated heterocycles. The molecule has 0 atom stereocenters. The van der Waals surface area contributed by atoms with Crippen molar-refractivity contribution in [3.05, 3.63) is 64.9 Å². The van der Waals surface area contributed by atoms with Gasteiger partial charge in [-0.15, -0.1) is 0 Å². The number of anilines is 1. The molecule has 2 aromatic rings. The first kappa shape index (κ1) is 15.5. The van der Waals surface area contributed by atoms with Crippen molar-refractivity contribution in [2.24, 2.45) is 0 Å². The molecule has 1 N–H and O–H groups in total. The lowest BCUT2D eigenvalue weighted by Gasteiger charge is -2.16. The van der Waals surface area contributed by atoms with Gasteiger partial charge < -0.3 is 5.32 Å². The van der Waals surface area contributed by atoms with E-state index in [1.807, 2.05) is 36.2 Å².